The number of carbonyl (C=O) groups is 3. The third-order valence-corrected chi connectivity index (χ3v) is 6.12. The summed E-state index contributed by atoms with van der Waals surface area (Å²) in [5.41, 5.74) is 11.6. The second-order valence-electron chi connectivity index (χ2n) is 8.42. The Morgan fingerprint density at radius 2 is 2.03 bits per heavy atom. The molecule has 0 bridgehead atoms. The molecule has 14 heteroatoms. The summed E-state index contributed by atoms with van der Waals surface area (Å²) in [6.45, 7) is -0.0470. The molecule has 2 heterocycles. The monoisotopic (exact) mass is 533 g/mol. The van der Waals surface area contributed by atoms with E-state index in [2.05, 4.69) is 20.7 Å². The first-order chi connectivity index (χ1) is 17.5. The molecule has 2 unspecified atom stereocenters. The molecule has 0 aliphatic carbocycles. The first kappa shape index (κ1) is 25.8. The van der Waals surface area contributed by atoms with E-state index in [4.69, 9.17) is 23.1 Å². The highest BCUT2D eigenvalue weighted by Crippen LogP contribution is 2.37. The first-order valence-electron chi connectivity index (χ1n) is 11.0. The van der Waals surface area contributed by atoms with E-state index >= 15 is 0 Å². The lowest BCUT2D eigenvalue weighted by atomic mass is 9.87. The van der Waals surface area contributed by atoms with Gasteiger partial charge in [0.25, 0.3) is 0 Å². The Labute approximate surface area is 213 Å². The van der Waals surface area contributed by atoms with Crippen molar-refractivity contribution in [2.24, 2.45) is 16.5 Å². The van der Waals surface area contributed by atoms with Gasteiger partial charge in [0.2, 0.25) is 11.8 Å². The second-order valence-corrected chi connectivity index (χ2v) is 8.86. The van der Waals surface area contributed by atoms with Crippen molar-refractivity contribution in [3.8, 4) is 0 Å². The number of alkyl halides is 1. The molecular formula is C23H22ClF2N7O4. The van der Waals surface area contributed by atoms with Crippen molar-refractivity contribution >= 4 is 51.9 Å². The number of carbonyl (C=O) groups excluding carboxylic acids is 2. The van der Waals surface area contributed by atoms with Crippen LogP contribution in [0.4, 0.5) is 14.5 Å². The molecule has 11 nitrogen and oxygen atoms in total. The Hall–Kier alpha value is -4.26. The highest BCUT2D eigenvalue weighted by Gasteiger charge is 2.35. The Morgan fingerprint density at radius 3 is 2.65 bits per heavy atom. The van der Waals surface area contributed by atoms with E-state index in [1.165, 1.54) is 30.5 Å². The van der Waals surface area contributed by atoms with Gasteiger partial charge in [-0.3, -0.25) is 19.1 Å². The summed E-state index contributed by atoms with van der Waals surface area (Å²) in [6.07, 6.45) is -0.483. The molecule has 0 radical (unpaired) electrons. The minimum absolute atomic E-state index is 0.0171. The van der Waals surface area contributed by atoms with Crippen LogP contribution in [0.3, 0.4) is 0 Å². The van der Waals surface area contributed by atoms with Crippen LogP contribution in [0.5, 0.6) is 0 Å². The predicted molar refractivity (Wildman–Crippen MR) is 132 cm³/mol. The molecule has 1 aromatic heterocycles. The summed E-state index contributed by atoms with van der Waals surface area (Å²) >= 11 is 6.03. The zero-order valence-corrected chi connectivity index (χ0v) is 19.9. The molecule has 2 amide bonds. The molecule has 3 atom stereocenters. The zero-order chi connectivity index (χ0) is 26.9. The number of aliphatic carboxylic acids is 1. The number of amides is 2. The van der Waals surface area contributed by atoms with E-state index in [0.717, 1.165) is 10.7 Å². The summed E-state index contributed by atoms with van der Waals surface area (Å²) < 4.78 is 29.4. The fraction of sp³-hybridized carbons (Fsp3) is 0.261. The number of primary amides is 2. The van der Waals surface area contributed by atoms with Crippen LogP contribution >= 0.6 is 11.6 Å². The van der Waals surface area contributed by atoms with Crippen molar-refractivity contribution in [1.29, 1.82) is 0 Å². The van der Waals surface area contributed by atoms with Gasteiger partial charge in [0, 0.05) is 21.9 Å². The smallest absolute Gasteiger partial charge is 0.304 e. The maximum absolute atomic E-state index is 14.8. The van der Waals surface area contributed by atoms with Crippen LogP contribution in [0.2, 0.25) is 5.02 Å². The van der Waals surface area contributed by atoms with E-state index < -0.39 is 48.2 Å². The Balaban J connectivity index is 1.88. The maximum atomic E-state index is 14.8. The van der Waals surface area contributed by atoms with Crippen LogP contribution in [0, 0.1) is 5.82 Å². The minimum Gasteiger partial charge on any atom is -0.481 e. The van der Waals surface area contributed by atoms with Crippen molar-refractivity contribution in [2.75, 3.05) is 18.4 Å². The molecule has 7 N–H and O–H groups in total. The van der Waals surface area contributed by atoms with E-state index in [1.54, 1.807) is 0 Å². The van der Waals surface area contributed by atoms with E-state index in [9.17, 15) is 28.3 Å². The average Bonchev–Trinajstić information content (AvgIpc) is 3.25. The maximum Gasteiger partial charge on any atom is 0.304 e. The summed E-state index contributed by atoms with van der Waals surface area (Å²) in [5, 5.41) is 20.0. The number of carboxylic acids is 1. The van der Waals surface area contributed by atoms with Crippen molar-refractivity contribution in [2.45, 2.75) is 24.6 Å². The number of halogens is 3. The number of guanidine groups is 1. The van der Waals surface area contributed by atoms with Gasteiger partial charge in [-0.2, -0.15) is 5.10 Å². The largest absolute Gasteiger partial charge is 0.481 e. The molecule has 0 saturated carbocycles. The third kappa shape index (κ3) is 5.45. The highest BCUT2D eigenvalue weighted by molar-refractivity contribution is 6.30. The molecule has 194 valence electrons. The fourth-order valence-electron chi connectivity index (χ4n) is 4.21. The standard InChI is InChI=1S/C23H22ClF2N7O4/c24-11-1-2-16(26)13(5-11)14(6-19(34)35)20(22(28)37)33-18-4-10(21(27)36)3-17(15(18)9-31-33)32-23-29-7-12(25)8-30-23/h1-5,9,12,14,20H,6-8H2,(H2,27,36)(H2,28,37)(H,34,35)(H2,29,30,32)/t14-,20?/m0/s1. The fourth-order valence-corrected chi connectivity index (χ4v) is 4.39. The average molecular weight is 534 g/mol. The van der Waals surface area contributed by atoms with Gasteiger partial charge in [-0.05, 0) is 35.9 Å². The van der Waals surface area contributed by atoms with Crippen LogP contribution in [0.25, 0.3) is 10.9 Å². The Morgan fingerprint density at radius 1 is 1.27 bits per heavy atom. The van der Waals surface area contributed by atoms with Gasteiger partial charge in [-0.25, -0.2) is 13.8 Å². The van der Waals surface area contributed by atoms with Crippen molar-refractivity contribution in [1.82, 2.24) is 15.1 Å². The number of anilines is 1. The van der Waals surface area contributed by atoms with Gasteiger partial charge in [0.1, 0.15) is 18.0 Å². The van der Waals surface area contributed by atoms with Gasteiger partial charge < -0.3 is 27.2 Å². The SMILES string of the molecule is NC(=O)c1cc(NC2=NCC(F)CN2)c2cnn(C(C(N)=O)[C@@H](CC(=O)O)c3cc(Cl)ccc3F)c2c1. The Bertz CT molecular complexity index is 1430. The first-order valence-corrected chi connectivity index (χ1v) is 11.4. The Kier molecular flexibility index (Phi) is 7.25. The van der Waals surface area contributed by atoms with Gasteiger partial charge in [0.05, 0.1) is 36.9 Å². The van der Waals surface area contributed by atoms with Crippen LogP contribution in [0.1, 0.15) is 34.3 Å². The molecule has 0 fully saturated rings. The highest BCUT2D eigenvalue weighted by atomic mass is 35.5. The van der Waals surface area contributed by atoms with Crippen LogP contribution < -0.4 is 22.1 Å². The predicted octanol–water partition coefficient (Wildman–Crippen LogP) is 1.92. The van der Waals surface area contributed by atoms with Crippen LogP contribution in [-0.2, 0) is 9.59 Å². The summed E-state index contributed by atoms with van der Waals surface area (Å²) in [5.74, 6) is -4.98. The van der Waals surface area contributed by atoms with Gasteiger partial charge in [0.15, 0.2) is 5.96 Å². The molecule has 4 rings (SSSR count). The normalized spacial score (nSPS) is 16.9. The zero-order valence-electron chi connectivity index (χ0n) is 19.1. The minimum atomic E-state index is -1.49. The number of aromatic nitrogens is 2. The summed E-state index contributed by atoms with van der Waals surface area (Å²) in [7, 11) is 0. The summed E-state index contributed by atoms with van der Waals surface area (Å²) in [4.78, 5) is 40.6. The number of fused-ring (bicyclic) bond motifs is 1. The molecule has 0 spiro atoms. The second kappa shape index (κ2) is 10.4. The number of nitrogens with zero attached hydrogens (tertiary/aromatic N) is 3. The van der Waals surface area contributed by atoms with Crippen LogP contribution in [0.15, 0.2) is 41.5 Å². The number of hydrogen-bond donors (Lipinski definition) is 5. The number of nitrogens with one attached hydrogen (secondary N) is 2. The number of aliphatic imine (C=N–C) groups is 1. The lowest BCUT2D eigenvalue weighted by Crippen LogP contribution is -2.41. The topological polar surface area (TPSA) is 178 Å². The van der Waals surface area contributed by atoms with Crippen molar-refractivity contribution in [3.63, 3.8) is 0 Å². The molecule has 37 heavy (non-hydrogen) atoms. The number of nitrogens with two attached hydrogens (primary N) is 2. The molecule has 2 aromatic carbocycles. The van der Waals surface area contributed by atoms with Gasteiger partial charge in [-0.15, -0.1) is 0 Å². The molecular weight excluding hydrogens is 512 g/mol. The molecule has 1 aliphatic heterocycles. The van der Waals surface area contributed by atoms with Crippen molar-refractivity contribution < 1.29 is 28.3 Å². The van der Waals surface area contributed by atoms with Crippen LogP contribution in [-0.4, -0.2) is 57.9 Å². The lowest BCUT2D eigenvalue weighted by Gasteiger charge is -2.26. The third-order valence-electron chi connectivity index (χ3n) is 5.88. The quantitative estimate of drug-likeness (QED) is 0.293. The molecule has 1 aliphatic rings. The number of hydrogen-bond acceptors (Lipinski definition) is 7. The van der Waals surface area contributed by atoms with E-state index in [1.807, 2.05) is 0 Å². The lowest BCUT2D eigenvalue weighted by molar-refractivity contribution is -0.138. The number of rotatable bonds is 8. The van der Waals surface area contributed by atoms with Gasteiger partial charge in [-0.1, -0.05) is 11.6 Å². The van der Waals surface area contributed by atoms with Crippen molar-refractivity contribution in [3.05, 3.63) is 58.5 Å². The summed E-state index contributed by atoms with van der Waals surface area (Å²) in [6, 6.07) is 4.84. The van der Waals surface area contributed by atoms with E-state index in [0.29, 0.717) is 11.1 Å². The number of carboxylic acid groups (broad SMARTS) is 1. The van der Waals surface area contributed by atoms with E-state index in [-0.39, 0.29) is 40.7 Å². The molecule has 0 saturated heterocycles. The molecule has 3 aromatic rings. The number of benzene rings is 2. The van der Waals surface area contributed by atoms with Gasteiger partial charge >= 0.3 is 5.97 Å².